The maximum atomic E-state index is 13.2. The second-order valence-electron chi connectivity index (χ2n) is 12.1. The molecule has 0 aliphatic carbocycles. The molecule has 0 fully saturated rings. The number of hydrogen-bond donors (Lipinski definition) is 1. The lowest BCUT2D eigenvalue weighted by atomic mass is 10.0. The first-order valence-corrected chi connectivity index (χ1v) is 15.7. The Morgan fingerprint density at radius 2 is 1.00 bits per heavy atom. The summed E-state index contributed by atoms with van der Waals surface area (Å²) >= 11 is 0. The van der Waals surface area contributed by atoms with Crippen molar-refractivity contribution in [1.82, 2.24) is 0 Å². The molecule has 0 bridgehead atoms. The molecule has 0 spiro atoms. The lowest BCUT2D eigenvalue weighted by Crippen LogP contribution is -2.43. The first-order chi connectivity index (χ1) is 23.2. The van der Waals surface area contributed by atoms with Crippen LogP contribution in [0.25, 0.3) is 0 Å². The van der Waals surface area contributed by atoms with Crippen molar-refractivity contribution in [2.75, 3.05) is 18.1 Å². The standard InChI is InChI=1S/C40H39NO7/c1-40(2,3)41(22-23-42)33-24-36(47-38(43)31-14-18-34(19-15-31)45-27-29-10-6-4-7-11-29)26-37(25-33)48-39(44)32-16-20-35(21-17-32)46-28-30-12-8-5-9-13-30/h4-21,24-26,42H,22-23,27-28H2,1-3H3. The summed E-state index contributed by atoms with van der Waals surface area (Å²) in [4.78, 5) is 28.3. The van der Waals surface area contributed by atoms with Gasteiger partial charge in [-0.1, -0.05) is 60.7 Å². The lowest BCUT2D eigenvalue weighted by molar-refractivity contribution is 0.0733. The highest BCUT2D eigenvalue weighted by molar-refractivity contribution is 5.92. The molecule has 8 heteroatoms. The van der Waals surface area contributed by atoms with Gasteiger partial charge in [-0.25, -0.2) is 9.59 Å². The SMILES string of the molecule is CC(C)(C)N(CCO)c1cc(OC(=O)c2ccc(OCc3ccccc3)cc2)cc(OC(=O)c2ccc(OCc3ccccc3)cc2)c1. The predicted octanol–water partition coefficient (Wildman–Crippen LogP) is 7.88. The van der Waals surface area contributed by atoms with Gasteiger partial charge in [0.25, 0.3) is 0 Å². The zero-order valence-electron chi connectivity index (χ0n) is 27.3. The second-order valence-corrected chi connectivity index (χ2v) is 12.1. The van der Waals surface area contributed by atoms with Gasteiger partial charge in [0.05, 0.1) is 17.7 Å². The Labute approximate surface area is 281 Å². The number of aliphatic hydroxyl groups excluding tert-OH is 1. The van der Waals surface area contributed by atoms with E-state index in [1.165, 1.54) is 6.07 Å². The highest BCUT2D eigenvalue weighted by Gasteiger charge is 2.24. The maximum absolute atomic E-state index is 13.2. The topological polar surface area (TPSA) is 94.5 Å². The van der Waals surface area contributed by atoms with Crippen molar-refractivity contribution in [2.45, 2.75) is 39.5 Å². The van der Waals surface area contributed by atoms with Crippen LogP contribution in [0, 0.1) is 0 Å². The fourth-order valence-electron chi connectivity index (χ4n) is 4.97. The van der Waals surface area contributed by atoms with Gasteiger partial charge in [0.2, 0.25) is 0 Å². The largest absolute Gasteiger partial charge is 0.489 e. The second kappa shape index (κ2) is 15.8. The van der Waals surface area contributed by atoms with Crippen molar-refractivity contribution in [3.8, 4) is 23.0 Å². The van der Waals surface area contributed by atoms with E-state index in [-0.39, 0.29) is 18.1 Å². The molecule has 0 saturated carbocycles. The quantitative estimate of drug-likeness (QED) is 0.102. The Morgan fingerprint density at radius 1 is 0.583 bits per heavy atom. The summed E-state index contributed by atoms with van der Waals surface area (Å²) in [5.41, 5.74) is 2.92. The van der Waals surface area contributed by atoms with E-state index < -0.39 is 17.5 Å². The number of β-amino-alcohol motifs (C(OH)–C–C–N with tert-alkyl or cyclic N) is 1. The summed E-state index contributed by atoms with van der Waals surface area (Å²) in [6.07, 6.45) is 0. The molecule has 1 N–H and O–H groups in total. The molecule has 5 rings (SSSR count). The van der Waals surface area contributed by atoms with E-state index in [9.17, 15) is 14.7 Å². The average Bonchev–Trinajstić information content (AvgIpc) is 3.09. The van der Waals surface area contributed by atoms with Crippen LogP contribution >= 0.6 is 0 Å². The molecule has 0 amide bonds. The summed E-state index contributed by atoms with van der Waals surface area (Å²) in [5.74, 6) is 0.423. The molecule has 5 aromatic carbocycles. The van der Waals surface area contributed by atoms with Crippen molar-refractivity contribution >= 4 is 17.6 Å². The summed E-state index contributed by atoms with van der Waals surface area (Å²) in [6.45, 7) is 7.00. The molecule has 0 unspecified atom stereocenters. The molecule has 0 radical (unpaired) electrons. The fourth-order valence-corrected chi connectivity index (χ4v) is 4.97. The van der Waals surface area contributed by atoms with Gasteiger partial charge in [-0.15, -0.1) is 0 Å². The molecule has 8 nitrogen and oxygen atoms in total. The number of carbonyl (C=O) groups excluding carboxylic acids is 2. The van der Waals surface area contributed by atoms with E-state index in [1.807, 2.05) is 86.3 Å². The molecule has 246 valence electrons. The number of rotatable bonds is 13. The molecule has 0 aromatic heterocycles. The van der Waals surface area contributed by atoms with Gasteiger partial charge in [-0.2, -0.15) is 0 Å². The van der Waals surface area contributed by atoms with Gasteiger partial charge in [0, 0.05) is 36.0 Å². The third kappa shape index (κ3) is 9.47. The van der Waals surface area contributed by atoms with Gasteiger partial charge in [0.15, 0.2) is 0 Å². The number of hydrogen-bond acceptors (Lipinski definition) is 8. The van der Waals surface area contributed by atoms with Crippen molar-refractivity contribution in [3.63, 3.8) is 0 Å². The van der Waals surface area contributed by atoms with Crippen LogP contribution in [0.1, 0.15) is 52.6 Å². The van der Waals surface area contributed by atoms with Crippen molar-refractivity contribution in [2.24, 2.45) is 0 Å². The zero-order valence-corrected chi connectivity index (χ0v) is 27.3. The molecule has 5 aromatic rings. The third-order valence-electron chi connectivity index (χ3n) is 7.41. The normalized spacial score (nSPS) is 11.0. The molecule has 0 heterocycles. The Morgan fingerprint density at radius 3 is 1.38 bits per heavy atom. The first kappa shape index (κ1) is 33.8. The Hall–Kier alpha value is -5.60. The third-order valence-corrected chi connectivity index (χ3v) is 7.41. The number of carbonyl (C=O) groups is 2. The number of esters is 2. The van der Waals surface area contributed by atoms with Gasteiger partial charge in [0.1, 0.15) is 36.2 Å². The molecular formula is C40H39NO7. The van der Waals surface area contributed by atoms with E-state index in [2.05, 4.69) is 0 Å². The van der Waals surface area contributed by atoms with E-state index >= 15 is 0 Å². The summed E-state index contributed by atoms with van der Waals surface area (Å²) in [5, 5.41) is 9.81. The number of benzene rings is 5. The monoisotopic (exact) mass is 645 g/mol. The van der Waals surface area contributed by atoms with Crippen LogP contribution in [0.15, 0.2) is 127 Å². The Kier molecular flexibility index (Phi) is 11.1. The fraction of sp³-hybridized carbons (Fsp3) is 0.200. The molecular weight excluding hydrogens is 606 g/mol. The van der Waals surface area contributed by atoms with E-state index in [0.29, 0.717) is 48.1 Å². The number of aliphatic hydroxyl groups is 1. The minimum atomic E-state index is -0.588. The first-order valence-electron chi connectivity index (χ1n) is 15.7. The zero-order chi connectivity index (χ0) is 33.9. The van der Waals surface area contributed by atoms with Crippen LogP contribution < -0.4 is 23.8 Å². The van der Waals surface area contributed by atoms with E-state index in [4.69, 9.17) is 18.9 Å². The summed E-state index contributed by atoms with van der Waals surface area (Å²) < 4.78 is 23.2. The van der Waals surface area contributed by atoms with Crippen molar-refractivity contribution < 1.29 is 33.6 Å². The number of nitrogens with zero attached hydrogens (tertiary/aromatic N) is 1. The summed E-state index contributed by atoms with van der Waals surface area (Å²) in [6, 6.07) is 37.8. The molecule has 48 heavy (non-hydrogen) atoms. The van der Waals surface area contributed by atoms with Gasteiger partial charge >= 0.3 is 11.9 Å². The van der Waals surface area contributed by atoms with E-state index in [1.54, 1.807) is 60.7 Å². The van der Waals surface area contributed by atoms with Gasteiger partial charge in [-0.3, -0.25) is 0 Å². The average molecular weight is 646 g/mol. The van der Waals surface area contributed by atoms with Gasteiger partial charge in [-0.05, 0) is 80.4 Å². The molecule has 0 aliphatic rings. The minimum Gasteiger partial charge on any atom is -0.489 e. The highest BCUT2D eigenvalue weighted by atomic mass is 16.5. The van der Waals surface area contributed by atoms with Crippen LogP contribution in [0.5, 0.6) is 23.0 Å². The number of ether oxygens (including phenoxy) is 4. The number of anilines is 1. The van der Waals surface area contributed by atoms with Crippen molar-refractivity contribution in [1.29, 1.82) is 0 Å². The smallest absolute Gasteiger partial charge is 0.343 e. The van der Waals surface area contributed by atoms with Crippen LogP contribution in [-0.2, 0) is 13.2 Å². The van der Waals surface area contributed by atoms with Crippen LogP contribution in [0.3, 0.4) is 0 Å². The van der Waals surface area contributed by atoms with Gasteiger partial charge < -0.3 is 29.0 Å². The Balaban J connectivity index is 1.30. The minimum absolute atomic E-state index is 0.103. The summed E-state index contributed by atoms with van der Waals surface area (Å²) in [7, 11) is 0. The molecule has 0 atom stereocenters. The highest BCUT2D eigenvalue weighted by Crippen LogP contribution is 2.33. The van der Waals surface area contributed by atoms with Crippen LogP contribution in [-0.4, -0.2) is 35.7 Å². The predicted molar refractivity (Wildman–Crippen MR) is 185 cm³/mol. The lowest BCUT2D eigenvalue weighted by Gasteiger charge is -2.37. The maximum Gasteiger partial charge on any atom is 0.343 e. The molecule has 0 aliphatic heterocycles. The van der Waals surface area contributed by atoms with Crippen molar-refractivity contribution in [3.05, 3.63) is 150 Å². The van der Waals surface area contributed by atoms with Crippen LogP contribution in [0.4, 0.5) is 5.69 Å². The molecule has 0 saturated heterocycles. The van der Waals surface area contributed by atoms with Crippen LogP contribution in [0.2, 0.25) is 0 Å². The Bertz CT molecular complexity index is 1660. The van der Waals surface area contributed by atoms with E-state index in [0.717, 1.165) is 11.1 Å².